The van der Waals surface area contributed by atoms with Crippen molar-refractivity contribution in [1.82, 2.24) is 5.32 Å². The summed E-state index contributed by atoms with van der Waals surface area (Å²) in [6.07, 6.45) is 32.2. The summed E-state index contributed by atoms with van der Waals surface area (Å²) in [5, 5.41) is 5.07. The third-order valence-corrected chi connectivity index (χ3v) is 12.3. The average Bonchev–Trinajstić information content (AvgIpc) is 3.53. The van der Waals surface area contributed by atoms with Gasteiger partial charge in [0.25, 0.3) is 6.71 Å². The van der Waals surface area contributed by atoms with Crippen molar-refractivity contribution in [2.45, 2.75) is 181 Å². The van der Waals surface area contributed by atoms with Crippen LogP contribution >= 0.6 is 0 Å². The highest BCUT2D eigenvalue weighted by molar-refractivity contribution is 6.85. The van der Waals surface area contributed by atoms with Crippen molar-refractivity contribution < 1.29 is 4.42 Å². The van der Waals surface area contributed by atoms with Gasteiger partial charge in [-0.2, -0.15) is 0 Å². The molecular formula is C59H91BN2O. The Morgan fingerprint density at radius 1 is 0.873 bits per heavy atom. The number of anilines is 1. The molecule has 1 aliphatic rings. The molecule has 1 N–H and O–H groups in total. The molecule has 0 spiro atoms. The first-order valence-corrected chi connectivity index (χ1v) is 24.3. The molecule has 0 saturated carbocycles. The monoisotopic (exact) mass is 855 g/mol. The van der Waals surface area contributed by atoms with E-state index in [-0.39, 0.29) is 39.8 Å². The van der Waals surface area contributed by atoms with Crippen LogP contribution in [0.4, 0.5) is 5.69 Å². The molecule has 0 aliphatic carbocycles. The van der Waals surface area contributed by atoms with Crippen molar-refractivity contribution >= 4 is 29.0 Å². The van der Waals surface area contributed by atoms with Gasteiger partial charge in [-0.05, 0) is 118 Å². The standard InChI is InChI=1S/C59H91BN2O/c1-21-46(59(19,20)37-33-44(4)5)29-27-38-60-50(42-61-48(34-36-56(10,11)12)30-26-35-55(7,8)9)51(40-45(6)57(13,14)15)62(39-25-23-22-24-28-43(2)3)53-49-41-47(58(16,17)18)31-32-52(49)63-54(53)60/h21,24-32,34,38-39,41-44,51,61H,1,6,22-23,33,35-37,40H2,2-5,7-20H3/b28-24+,30-26-,38-27+,39-25+,46-29+,48-34+,50-42-. The van der Waals surface area contributed by atoms with Gasteiger partial charge in [-0.25, -0.2) is 0 Å². The van der Waals surface area contributed by atoms with Crippen LogP contribution in [0.1, 0.15) is 175 Å². The molecule has 0 radical (unpaired) electrons. The summed E-state index contributed by atoms with van der Waals surface area (Å²) in [5.74, 6) is 3.57. The van der Waals surface area contributed by atoms with E-state index < -0.39 is 0 Å². The minimum Gasteiger partial charge on any atom is -0.468 e. The van der Waals surface area contributed by atoms with Gasteiger partial charge in [0.15, 0.2) is 0 Å². The lowest BCUT2D eigenvalue weighted by molar-refractivity contribution is 0.369. The summed E-state index contributed by atoms with van der Waals surface area (Å²) in [7, 11) is 0. The van der Waals surface area contributed by atoms with E-state index in [9.17, 15) is 0 Å². The van der Waals surface area contributed by atoms with E-state index in [1.807, 2.05) is 0 Å². The second kappa shape index (κ2) is 22.3. The molecule has 0 saturated heterocycles. The Morgan fingerprint density at radius 3 is 2.10 bits per heavy atom. The summed E-state index contributed by atoms with van der Waals surface area (Å²) in [5.41, 5.74) is 9.44. The van der Waals surface area contributed by atoms with Crippen LogP contribution in [0.3, 0.4) is 0 Å². The summed E-state index contributed by atoms with van der Waals surface area (Å²) in [6, 6.07) is 6.79. The lowest BCUT2D eigenvalue weighted by Crippen LogP contribution is -2.51. The summed E-state index contributed by atoms with van der Waals surface area (Å²) in [6.45, 7) is 50.3. The highest BCUT2D eigenvalue weighted by Gasteiger charge is 2.42. The molecule has 2 aromatic rings. The molecule has 63 heavy (non-hydrogen) atoms. The Morgan fingerprint density at radius 2 is 1.52 bits per heavy atom. The Bertz CT molecular complexity index is 2040. The fourth-order valence-electron chi connectivity index (χ4n) is 7.72. The largest absolute Gasteiger partial charge is 0.468 e. The first-order valence-electron chi connectivity index (χ1n) is 24.3. The number of rotatable bonds is 19. The van der Waals surface area contributed by atoms with E-state index >= 15 is 0 Å². The average molecular weight is 855 g/mol. The Kier molecular flexibility index (Phi) is 18.9. The van der Waals surface area contributed by atoms with Crippen molar-refractivity contribution in [2.75, 3.05) is 4.90 Å². The Hall–Kier alpha value is -3.92. The zero-order chi connectivity index (χ0) is 47.6. The van der Waals surface area contributed by atoms with E-state index in [4.69, 9.17) is 11.0 Å². The van der Waals surface area contributed by atoms with Gasteiger partial charge in [0.05, 0.1) is 17.4 Å². The molecule has 1 unspecified atom stereocenters. The van der Waals surface area contributed by atoms with Gasteiger partial charge in [-0.1, -0.05) is 204 Å². The minimum absolute atomic E-state index is 0.00209. The number of fused-ring (bicyclic) bond motifs is 3. The van der Waals surface area contributed by atoms with Crippen LogP contribution in [-0.2, 0) is 5.41 Å². The summed E-state index contributed by atoms with van der Waals surface area (Å²) < 4.78 is 7.14. The number of benzene rings is 1. The number of nitrogens with zero attached hydrogens (tertiary/aromatic N) is 1. The molecule has 1 aromatic heterocycles. The minimum atomic E-state index is -0.141. The third-order valence-electron chi connectivity index (χ3n) is 12.3. The molecule has 0 bridgehead atoms. The normalized spacial score (nSPS) is 17.3. The van der Waals surface area contributed by atoms with Gasteiger partial charge in [0.1, 0.15) is 5.58 Å². The van der Waals surface area contributed by atoms with E-state index in [0.717, 1.165) is 66.5 Å². The lowest BCUT2D eigenvalue weighted by Gasteiger charge is -2.41. The molecular weight excluding hydrogens is 763 g/mol. The highest BCUT2D eigenvalue weighted by atomic mass is 16.3. The number of hydrogen-bond donors (Lipinski definition) is 1. The molecule has 3 nitrogen and oxygen atoms in total. The van der Waals surface area contributed by atoms with Gasteiger partial charge in [-0.15, -0.1) is 5.98 Å². The third kappa shape index (κ3) is 16.9. The quantitative estimate of drug-likeness (QED) is 0.0660. The first-order chi connectivity index (χ1) is 29.0. The molecule has 1 atom stereocenters. The fourth-order valence-corrected chi connectivity index (χ4v) is 7.72. The topological polar surface area (TPSA) is 28.4 Å². The van der Waals surface area contributed by atoms with Gasteiger partial charge in [0.2, 0.25) is 0 Å². The van der Waals surface area contributed by atoms with Crippen molar-refractivity contribution in [2.24, 2.45) is 33.5 Å². The summed E-state index contributed by atoms with van der Waals surface area (Å²) in [4.78, 5) is 2.53. The number of unbranched alkanes of at least 4 members (excludes halogenated alkanes) is 1. The maximum Gasteiger partial charge on any atom is 0.282 e. The van der Waals surface area contributed by atoms with Crippen LogP contribution in [0.2, 0.25) is 0 Å². The zero-order valence-electron chi connectivity index (χ0n) is 43.7. The molecule has 1 aromatic carbocycles. The molecule has 346 valence electrons. The molecule has 1 aliphatic heterocycles. The van der Waals surface area contributed by atoms with Crippen LogP contribution in [0.15, 0.2) is 131 Å². The van der Waals surface area contributed by atoms with Crippen LogP contribution in [0.5, 0.6) is 0 Å². The van der Waals surface area contributed by atoms with Gasteiger partial charge in [0, 0.05) is 17.3 Å². The number of allylic oxidation sites excluding steroid dienone is 10. The van der Waals surface area contributed by atoms with Gasteiger partial charge < -0.3 is 14.6 Å². The maximum atomic E-state index is 7.14. The molecule has 0 fully saturated rings. The van der Waals surface area contributed by atoms with Crippen LogP contribution < -0.4 is 15.9 Å². The van der Waals surface area contributed by atoms with Gasteiger partial charge in [-0.3, -0.25) is 0 Å². The highest BCUT2D eigenvalue weighted by Crippen LogP contribution is 2.42. The SMILES string of the molecule is C=C/C(=C\C=C\B1/C(=C\NC(/C=C\CC(C)(C)C)=C/CC(C)(C)C)C(CC(=C)C(C)(C)C)N(/C=C/CC/C=C/C(C)C)c2c1oc1ccc(C(C)(C)C)cc21)C(C)(C)CCC(C)C. The van der Waals surface area contributed by atoms with Crippen molar-refractivity contribution in [3.8, 4) is 0 Å². The molecule has 4 heteroatoms. The molecule has 0 amide bonds. The summed E-state index contributed by atoms with van der Waals surface area (Å²) >= 11 is 0. The first kappa shape index (κ1) is 53.4. The second-order valence-electron chi connectivity index (χ2n) is 24.3. The Labute approximate surface area is 388 Å². The number of nitrogens with one attached hydrogen (secondary N) is 1. The zero-order valence-corrected chi connectivity index (χ0v) is 43.7. The maximum absolute atomic E-state index is 7.14. The number of furan rings is 1. The van der Waals surface area contributed by atoms with Crippen molar-refractivity contribution in [3.63, 3.8) is 0 Å². The van der Waals surface area contributed by atoms with E-state index in [1.54, 1.807) is 0 Å². The second-order valence-corrected chi connectivity index (χ2v) is 24.3. The predicted octanol–water partition coefficient (Wildman–Crippen LogP) is 17.1. The molecule has 3 rings (SSSR count). The van der Waals surface area contributed by atoms with E-state index in [0.29, 0.717) is 11.8 Å². The van der Waals surface area contributed by atoms with Crippen molar-refractivity contribution in [3.05, 3.63) is 132 Å². The lowest BCUT2D eigenvalue weighted by atomic mass is 9.39. The predicted molar refractivity (Wildman–Crippen MR) is 284 cm³/mol. The fraction of sp³-hybridized carbons (Fsp3) is 0.559. The van der Waals surface area contributed by atoms with Crippen molar-refractivity contribution in [1.29, 1.82) is 0 Å². The van der Waals surface area contributed by atoms with Gasteiger partial charge >= 0.3 is 0 Å². The Balaban J connectivity index is 2.49. The van der Waals surface area contributed by atoms with E-state index in [1.165, 1.54) is 28.6 Å². The smallest absolute Gasteiger partial charge is 0.282 e. The molecule has 2 heterocycles. The van der Waals surface area contributed by atoms with Crippen LogP contribution in [-0.4, -0.2) is 12.8 Å². The number of hydrogen-bond acceptors (Lipinski definition) is 3. The van der Waals surface area contributed by atoms with Crippen LogP contribution in [0.25, 0.3) is 11.0 Å². The van der Waals surface area contributed by atoms with E-state index in [2.05, 4.69) is 233 Å². The van der Waals surface area contributed by atoms with Crippen LogP contribution in [0, 0.1) is 33.5 Å².